The Morgan fingerprint density at radius 1 is 1.62 bits per heavy atom. The molecule has 5 N–H and O–H groups in total. The summed E-state index contributed by atoms with van der Waals surface area (Å²) < 4.78 is 0. The van der Waals surface area contributed by atoms with Crippen LogP contribution in [0.5, 0.6) is 0 Å². The number of carbonyl (C=O) groups is 2. The molecule has 0 aromatic carbocycles. The number of aromatic amines is 1. The van der Waals surface area contributed by atoms with Gasteiger partial charge >= 0.3 is 5.97 Å². The molecule has 8 heteroatoms. The number of carbonyl (C=O) groups excluding carboxylic acids is 1. The highest BCUT2D eigenvalue weighted by Gasteiger charge is 2.17. The lowest BCUT2D eigenvalue weighted by Gasteiger charge is -2.09. The predicted molar refractivity (Wildman–Crippen MR) is 54.5 cm³/mol. The van der Waals surface area contributed by atoms with E-state index in [1.807, 2.05) is 0 Å². The minimum absolute atomic E-state index is 0.0299. The van der Waals surface area contributed by atoms with Crippen LogP contribution in [0.4, 0.5) is 5.95 Å². The average Bonchev–Trinajstić information content (AvgIpc) is 2.65. The Bertz CT molecular complexity index is 389. The van der Waals surface area contributed by atoms with Gasteiger partial charge in [0.25, 0.3) is 5.91 Å². The molecule has 0 aliphatic carbocycles. The first kappa shape index (κ1) is 12.0. The molecule has 0 bridgehead atoms. The lowest BCUT2D eigenvalue weighted by molar-refractivity contribution is -0.141. The second-order valence-corrected chi connectivity index (χ2v) is 3.20. The number of aliphatic carboxylic acids is 1. The van der Waals surface area contributed by atoms with Gasteiger partial charge in [-0.15, -0.1) is 5.10 Å². The maximum atomic E-state index is 11.4. The van der Waals surface area contributed by atoms with Gasteiger partial charge in [-0.2, -0.15) is 4.98 Å². The third-order valence-corrected chi connectivity index (χ3v) is 2.07. The molecule has 1 rings (SSSR count). The van der Waals surface area contributed by atoms with Crippen molar-refractivity contribution < 1.29 is 14.7 Å². The SMILES string of the molecule is CCC(CNC(=O)c1nc(N)n[nH]1)C(=O)O. The second-order valence-electron chi connectivity index (χ2n) is 3.20. The summed E-state index contributed by atoms with van der Waals surface area (Å²) in [6.07, 6.45) is 0.439. The lowest BCUT2D eigenvalue weighted by Crippen LogP contribution is -2.33. The molecule has 0 aliphatic heterocycles. The van der Waals surface area contributed by atoms with Crippen molar-refractivity contribution in [3.8, 4) is 0 Å². The number of amides is 1. The number of nitrogens with zero attached hydrogens (tertiary/aromatic N) is 2. The van der Waals surface area contributed by atoms with E-state index >= 15 is 0 Å². The quantitative estimate of drug-likeness (QED) is 0.521. The van der Waals surface area contributed by atoms with E-state index in [2.05, 4.69) is 20.5 Å². The Hall–Kier alpha value is -2.12. The van der Waals surface area contributed by atoms with Gasteiger partial charge < -0.3 is 16.2 Å². The van der Waals surface area contributed by atoms with E-state index in [1.54, 1.807) is 6.92 Å². The third-order valence-electron chi connectivity index (χ3n) is 2.07. The molecule has 1 heterocycles. The fourth-order valence-corrected chi connectivity index (χ4v) is 1.08. The number of anilines is 1. The van der Waals surface area contributed by atoms with Crippen molar-refractivity contribution >= 4 is 17.8 Å². The summed E-state index contributed by atoms with van der Waals surface area (Å²) in [5, 5.41) is 17.0. The summed E-state index contributed by atoms with van der Waals surface area (Å²) in [7, 11) is 0. The topological polar surface area (TPSA) is 134 Å². The Balaban J connectivity index is 2.49. The molecule has 0 radical (unpaired) electrons. The number of hydrogen-bond donors (Lipinski definition) is 4. The molecule has 0 spiro atoms. The zero-order valence-corrected chi connectivity index (χ0v) is 8.73. The van der Waals surface area contributed by atoms with E-state index in [0.29, 0.717) is 6.42 Å². The molecule has 0 fully saturated rings. The van der Waals surface area contributed by atoms with Crippen LogP contribution in [0.3, 0.4) is 0 Å². The van der Waals surface area contributed by atoms with Gasteiger partial charge in [-0.25, -0.2) is 0 Å². The fraction of sp³-hybridized carbons (Fsp3) is 0.500. The van der Waals surface area contributed by atoms with Gasteiger partial charge in [0, 0.05) is 6.54 Å². The summed E-state index contributed by atoms with van der Waals surface area (Å²) >= 11 is 0. The zero-order valence-electron chi connectivity index (χ0n) is 8.73. The van der Waals surface area contributed by atoms with Crippen LogP contribution in [0, 0.1) is 5.92 Å². The van der Waals surface area contributed by atoms with Crippen LogP contribution in [-0.2, 0) is 4.79 Å². The summed E-state index contributed by atoms with van der Waals surface area (Å²) in [6, 6.07) is 0. The number of aromatic nitrogens is 3. The van der Waals surface area contributed by atoms with Gasteiger partial charge in [0.1, 0.15) is 0 Å². The molecular formula is C8H13N5O3. The van der Waals surface area contributed by atoms with Gasteiger partial charge in [0.2, 0.25) is 11.8 Å². The summed E-state index contributed by atoms with van der Waals surface area (Å²) in [4.78, 5) is 25.7. The maximum absolute atomic E-state index is 11.4. The number of carboxylic acids is 1. The van der Waals surface area contributed by atoms with E-state index in [-0.39, 0.29) is 18.3 Å². The van der Waals surface area contributed by atoms with Crippen LogP contribution in [0.2, 0.25) is 0 Å². The first-order valence-electron chi connectivity index (χ1n) is 4.73. The summed E-state index contributed by atoms with van der Waals surface area (Å²) in [5.74, 6) is -2.14. The van der Waals surface area contributed by atoms with Crippen molar-refractivity contribution in [1.82, 2.24) is 20.5 Å². The highest BCUT2D eigenvalue weighted by molar-refractivity contribution is 5.90. The van der Waals surface area contributed by atoms with Gasteiger partial charge in [-0.05, 0) is 6.42 Å². The first-order valence-corrected chi connectivity index (χ1v) is 4.73. The predicted octanol–water partition coefficient (Wildman–Crippen LogP) is -0.772. The molecular weight excluding hydrogens is 214 g/mol. The molecule has 1 aromatic heterocycles. The molecule has 0 saturated heterocycles. The molecule has 0 saturated carbocycles. The largest absolute Gasteiger partial charge is 0.481 e. The van der Waals surface area contributed by atoms with E-state index in [1.165, 1.54) is 0 Å². The molecule has 1 amide bonds. The minimum Gasteiger partial charge on any atom is -0.481 e. The molecule has 1 atom stereocenters. The molecule has 1 aromatic rings. The minimum atomic E-state index is -0.945. The second kappa shape index (κ2) is 5.10. The number of nitrogens with one attached hydrogen (secondary N) is 2. The van der Waals surface area contributed by atoms with Crippen LogP contribution in [0.25, 0.3) is 0 Å². The Labute approximate surface area is 91.2 Å². The standard InChI is InChI=1S/C8H13N5O3/c1-2-4(7(15)16)3-10-6(14)5-11-8(9)13-12-5/h4H,2-3H2,1H3,(H,10,14)(H,15,16)(H3,9,11,12,13). The Morgan fingerprint density at radius 2 is 2.31 bits per heavy atom. The molecule has 1 unspecified atom stereocenters. The van der Waals surface area contributed by atoms with Crippen LogP contribution in [0.15, 0.2) is 0 Å². The number of carboxylic acid groups (broad SMARTS) is 1. The van der Waals surface area contributed by atoms with Crippen LogP contribution in [-0.4, -0.2) is 38.7 Å². The molecule has 8 nitrogen and oxygen atoms in total. The van der Waals surface area contributed by atoms with E-state index in [4.69, 9.17) is 10.8 Å². The van der Waals surface area contributed by atoms with E-state index in [0.717, 1.165) is 0 Å². The monoisotopic (exact) mass is 227 g/mol. The molecule has 16 heavy (non-hydrogen) atoms. The van der Waals surface area contributed by atoms with E-state index < -0.39 is 17.8 Å². The number of hydrogen-bond acceptors (Lipinski definition) is 5. The van der Waals surface area contributed by atoms with Gasteiger partial charge in [-0.1, -0.05) is 6.92 Å². The maximum Gasteiger partial charge on any atom is 0.308 e. The number of rotatable bonds is 5. The molecule has 88 valence electrons. The number of nitrogens with two attached hydrogens (primary N) is 1. The first-order chi connectivity index (χ1) is 7.54. The smallest absolute Gasteiger partial charge is 0.308 e. The number of nitrogen functional groups attached to an aromatic ring is 1. The van der Waals surface area contributed by atoms with Crippen LogP contribution < -0.4 is 11.1 Å². The van der Waals surface area contributed by atoms with E-state index in [9.17, 15) is 9.59 Å². The summed E-state index contributed by atoms with van der Waals surface area (Å²) in [6.45, 7) is 1.78. The Morgan fingerprint density at radius 3 is 2.75 bits per heavy atom. The third kappa shape index (κ3) is 2.94. The fourth-order valence-electron chi connectivity index (χ4n) is 1.08. The van der Waals surface area contributed by atoms with Crippen molar-refractivity contribution in [2.45, 2.75) is 13.3 Å². The van der Waals surface area contributed by atoms with Crippen molar-refractivity contribution in [3.63, 3.8) is 0 Å². The normalized spacial score (nSPS) is 12.1. The van der Waals surface area contributed by atoms with Crippen molar-refractivity contribution in [2.75, 3.05) is 12.3 Å². The van der Waals surface area contributed by atoms with Crippen molar-refractivity contribution in [1.29, 1.82) is 0 Å². The van der Waals surface area contributed by atoms with Crippen molar-refractivity contribution in [2.24, 2.45) is 5.92 Å². The molecule has 0 aliphatic rings. The highest BCUT2D eigenvalue weighted by Crippen LogP contribution is 2.01. The highest BCUT2D eigenvalue weighted by atomic mass is 16.4. The lowest BCUT2D eigenvalue weighted by atomic mass is 10.1. The number of H-pyrrole nitrogens is 1. The van der Waals surface area contributed by atoms with Crippen LogP contribution >= 0.6 is 0 Å². The van der Waals surface area contributed by atoms with Gasteiger partial charge in [0.15, 0.2) is 0 Å². The van der Waals surface area contributed by atoms with Gasteiger partial charge in [0.05, 0.1) is 5.92 Å². The average molecular weight is 227 g/mol. The summed E-state index contributed by atoms with van der Waals surface area (Å²) in [5.41, 5.74) is 5.22. The van der Waals surface area contributed by atoms with Crippen molar-refractivity contribution in [3.05, 3.63) is 5.82 Å². The Kier molecular flexibility index (Phi) is 3.81. The van der Waals surface area contributed by atoms with Gasteiger partial charge in [-0.3, -0.25) is 14.7 Å². The zero-order chi connectivity index (χ0) is 12.1. The van der Waals surface area contributed by atoms with Crippen LogP contribution in [0.1, 0.15) is 24.0 Å².